The van der Waals surface area contributed by atoms with Crippen molar-refractivity contribution >= 4 is 0 Å². The van der Waals surface area contributed by atoms with E-state index in [0.29, 0.717) is 12.0 Å². The van der Waals surface area contributed by atoms with Gasteiger partial charge < -0.3 is 9.88 Å². The van der Waals surface area contributed by atoms with Gasteiger partial charge in [0.25, 0.3) is 0 Å². The highest BCUT2D eigenvalue weighted by Crippen LogP contribution is 2.20. The van der Waals surface area contributed by atoms with Crippen LogP contribution in [-0.2, 0) is 19.5 Å². The number of hydrogen-bond donors (Lipinski definition) is 1. The normalized spacial score (nSPS) is 27.5. The van der Waals surface area contributed by atoms with Crippen molar-refractivity contribution in [3.8, 4) is 0 Å². The minimum absolute atomic E-state index is 0.684. The molecule has 0 saturated carbocycles. The number of hydrogen-bond acceptors (Lipinski definition) is 4. The maximum absolute atomic E-state index is 4.43. The molecule has 1 N–H and O–H groups in total. The van der Waals surface area contributed by atoms with Crippen molar-refractivity contribution in [1.29, 1.82) is 0 Å². The maximum Gasteiger partial charge on any atom is 0.147 e. The van der Waals surface area contributed by atoms with Crippen LogP contribution >= 0.6 is 0 Å². The summed E-state index contributed by atoms with van der Waals surface area (Å²) in [6.45, 7) is 10.0. The van der Waals surface area contributed by atoms with Crippen LogP contribution in [0.2, 0.25) is 0 Å². The standard InChI is InChI=1S/C15H27N5/c1-3-16-13-7-9-19(10-12(13)2)11-15-18-17-14-6-4-5-8-20(14)15/h12-13,16H,3-11H2,1-2H3. The number of fused-ring (bicyclic) bond motifs is 1. The van der Waals surface area contributed by atoms with Gasteiger partial charge >= 0.3 is 0 Å². The molecule has 3 heterocycles. The number of nitrogens with one attached hydrogen (secondary N) is 1. The van der Waals surface area contributed by atoms with Crippen LogP contribution in [0.25, 0.3) is 0 Å². The number of nitrogens with zero attached hydrogens (tertiary/aromatic N) is 4. The molecule has 112 valence electrons. The second-order valence-corrected chi connectivity index (χ2v) is 6.31. The van der Waals surface area contributed by atoms with Crippen molar-refractivity contribution in [2.24, 2.45) is 5.92 Å². The molecule has 1 fully saturated rings. The summed E-state index contributed by atoms with van der Waals surface area (Å²) in [6, 6.07) is 0.684. The van der Waals surface area contributed by atoms with E-state index in [1.807, 2.05) is 0 Å². The molecule has 1 aromatic heterocycles. The Morgan fingerprint density at radius 2 is 2.15 bits per heavy atom. The molecule has 2 unspecified atom stereocenters. The minimum Gasteiger partial charge on any atom is -0.314 e. The number of piperidine rings is 1. The first-order valence-electron chi connectivity index (χ1n) is 8.14. The van der Waals surface area contributed by atoms with Crippen molar-refractivity contribution in [3.63, 3.8) is 0 Å². The van der Waals surface area contributed by atoms with Crippen LogP contribution in [0.4, 0.5) is 0 Å². The lowest BCUT2D eigenvalue weighted by atomic mass is 9.94. The van der Waals surface area contributed by atoms with Gasteiger partial charge in [-0.1, -0.05) is 13.8 Å². The first-order chi connectivity index (χ1) is 9.78. The fraction of sp³-hybridized carbons (Fsp3) is 0.867. The molecule has 0 aromatic carbocycles. The molecule has 0 radical (unpaired) electrons. The average Bonchev–Trinajstić information content (AvgIpc) is 2.86. The summed E-state index contributed by atoms with van der Waals surface area (Å²) in [5.41, 5.74) is 0. The predicted molar refractivity (Wildman–Crippen MR) is 79.5 cm³/mol. The van der Waals surface area contributed by atoms with E-state index in [-0.39, 0.29) is 0 Å². The van der Waals surface area contributed by atoms with Crippen molar-refractivity contribution < 1.29 is 0 Å². The number of aryl methyl sites for hydroxylation is 1. The summed E-state index contributed by atoms with van der Waals surface area (Å²) in [5.74, 6) is 3.09. The molecule has 5 nitrogen and oxygen atoms in total. The van der Waals surface area contributed by atoms with Crippen molar-refractivity contribution in [3.05, 3.63) is 11.6 Å². The zero-order valence-electron chi connectivity index (χ0n) is 12.8. The van der Waals surface area contributed by atoms with Crippen molar-refractivity contribution in [1.82, 2.24) is 25.0 Å². The Labute approximate surface area is 121 Å². The highest BCUT2D eigenvalue weighted by molar-refractivity contribution is 4.99. The third-order valence-corrected chi connectivity index (χ3v) is 4.76. The lowest BCUT2D eigenvalue weighted by molar-refractivity contribution is 0.137. The smallest absolute Gasteiger partial charge is 0.147 e. The molecule has 0 spiro atoms. The maximum atomic E-state index is 4.43. The van der Waals surface area contributed by atoms with E-state index < -0.39 is 0 Å². The molecular formula is C15H27N5. The van der Waals surface area contributed by atoms with E-state index in [9.17, 15) is 0 Å². The quantitative estimate of drug-likeness (QED) is 0.904. The van der Waals surface area contributed by atoms with Gasteiger partial charge in [0, 0.05) is 32.1 Å². The van der Waals surface area contributed by atoms with Crippen LogP contribution in [0, 0.1) is 5.92 Å². The van der Waals surface area contributed by atoms with E-state index in [0.717, 1.165) is 26.1 Å². The van der Waals surface area contributed by atoms with Crippen LogP contribution < -0.4 is 5.32 Å². The summed E-state index contributed by atoms with van der Waals surface area (Å²) in [4.78, 5) is 2.55. The Balaban J connectivity index is 1.60. The Kier molecular flexibility index (Phi) is 4.36. The fourth-order valence-electron chi connectivity index (χ4n) is 3.63. The molecule has 1 aromatic rings. The third kappa shape index (κ3) is 2.88. The molecule has 0 bridgehead atoms. The van der Waals surface area contributed by atoms with Crippen LogP contribution in [-0.4, -0.2) is 45.3 Å². The molecular weight excluding hydrogens is 250 g/mol. The molecule has 3 rings (SSSR count). The highest BCUT2D eigenvalue weighted by atomic mass is 15.3. The van der Waals surface area contributed by atoms with E-state index in [4.69, 9.17) is 0 Å². The summed E-state index contributed by atoms with van der Waals surface area (Å²) in [6.07, 6.45) is 4.89. The highest BCUT2D eigenvalue weighted by Gasteiger charge is 2.26. The molecule has 5 heteroatoms. The van der Waals surface area contributed by atoms with Gasteiger partial charge in [-0.15, -0.1) is 10.2 Å². The first-order valence-corrected chi connectivity index (χ1v) is 8.14. The van der Waals surface area contributed by atoms with Gasteiger partial charge in [0.15, 0.2) is 0 Å². The molecule has 2 aliphatic rings. The van der Waals surface area contributed by atoms with E-state index >= 15 is 0 Å². The molecule has 20 heavy (non-hydrogen) atoms. The summed E-state index contributed by atoms with van der Waals surface area (Å²) >= 11 is 0. The van der Waals surface area contributed by atoms with Gasteiger partial charge in [0.2, 0.25) is 0 Å². The largest absolute Gasteiger partial charge is 0.314 e. The Hall–Kier alpha value is -0.940. The van der Waals surface area contributed by atoms with Crippen molar-refractivity contribution in [2.75, 3.05) is 19.6 Å². The molecule has 0 aliphatic carbocycles. The van der Waals surface area contributed by atoms with Crippen LogP contribution in [0.1, 0.15) is 44.8 Å². The van der Waals surface area contributed by atoms with Gasteiger partial charge in [0.05, 0.1) is 6.54 Å². The number of rotatable bonds is 4. The molecule has 1 saturated heterocycles. The first kappa shape index (κ1) is 14.0. The van der Waals surface area contributed by atoms with Gasteiger partial charge in [-0.25, -0.2) is 0 Å². The van der Waals surface area contributed by atoms with Crippen LogP contribution in [0.15, 0.2) is 0 Å². The third-order valence-electron chi connectivity index (χ3n) is 4.76. The zero-order valence-corrected chi connectivity index (χ0v) is 12.8. The van der Waals surface area contributed by atoms with Crippen LogP contribution in [0.5, 0.6) is 0 Å². The minimum atomic E-state index is 0.684. The Morgan fingerprint density at radius 1 is 1.25 bits per heavy atom. The molecule has 2 atom stereocenters. The molecule has 0 amide bonds. The Bertz CT molecular complexity index is 441. The van der Waals surface area contributed by atoms with Gasteiger partial charge in [0.1, 0.15) is 11.6 Å². The summed E-state index contributed by atoms with van der Waals surface area (Å²) in [7, 11) is 0. The van der Waals surface area contributed by atoms with Gasteiger partial charge in [-0.3, -0.25) is 4.90 Å². The average molecular weight is 277 g/mol. The fourth-order valence-corrected chi connectivity index (χ4v) is 3.63. The van der Waals surface area contributed by atoms with Gasteiger partial charge in [-0.05, 0) is 31.7 Å². The topological polar surface area (TPSA) is 46.0 Å². The second-order valence-electron chi connectivity index (χ2n) is 6.31. The van der Waals surface area contributed by atoms with E-state index in [1.165, 1.54) is 44.0 Å². The SMILES string of the molecule is CCNC1CCN(Cc2nnc3n2CCCC3)CC1C. The van der Waals surface area contributed by atoms with Crippen LogP contribution in [0.3, 0.4) is 0 Å². The lowest BCUT2D eigenvalue weighted by Gasteiger charge is -2.37. The lowest BCUT2D eigenvalue weighted by Crippen LogP contribution is -2.48. The zero-order chi connectivity index (χ0) is 13.9. The van der Waals surface area contributed by atoms with Gasteiger partial charge in [-0.2, -0.15) is 0 Å². The van der Waals surface area contributed by atoms with Crippen molar-refractivity contribution in [2.45, 2.75) is 58.7 Å². The monoisotopic (exact) mass is 277 g/mol. The van der Waals surface area contributed by atoms with E-state index in [1.54, 1.807) is 0 Å². The summed E-state index contributed by atoms with van der Waals surface area (Å²) in [5, 5.41) is 12.4. The molecule has 2 aliphatic heterocycles. The number of aromatic nitrogens is 3. The summed E-state index contributed by atoms with van der Waals surface area (Å²) < 4.78 is 2.35. The second kappa shape index (κ2) is 6.22. The number of likely N-dealkylation sites (tertiary alicyclic amines) is 1. The predicted octanol–water partition coefficient (Wildman–Crippen LogP) is 1.43. The Morgan fingerprint density at radius 3 is 2.95 bits per heavy atom. The van der Waals surface area contributed by atoms with E-state index in [2.05, 4.69) is 38.8 Å².